The zero-order chi connectivity index (χ0) is 19.9. The van der Waals surface area contributed by atoms with Crippen LogP contribution in [0.1, 0.15) is 32.8 Å². The minimum atomic E-state index is -4.87. The van der Waals surface area contributed by atoms with Gasteiger partial charge in [0.25, 0.3) is 0 Å². The van der Waals surface area contributed by atoms with Crippen LogP contribution in [-0.2, 0) is 14.3 Å². The first-order valence-electron chi connectivity index (χ1n) is 7.83. The second kappa shape index (κ2) is 6.77. The van der Waals surface area contributed by atoms with Crippen molar-refractivity contribution >= 4 is 11.5 Å². The topological polar surface area (TPSA) is 55.8 Å². The molecular formula is C17H17F5O4. The average molecular weight is 380 g/mol. The van der Waals surface area contributed by atoms with Crippen LogP contribution in [0.25, 0.3) is 5.57 Å². The lowest BCUT2D eigenvalue weighted by Crippen LogP contribution is -2.48. The minimum absolute atomic E-state index is 0.137. The maximum Gasteiger partial charge on any atom is 0.428 e. The summed E-state index contributed by atoms with van der Waals surface area (Å²) in [5.41, 5.74) is -3.62. The third-order valence-electron chi connectivity index (χ3n) is 4.36. The number of esters is 1. The Labute approximate surface area is 146 Å². The molecule has 1 aliphatic rings. The van der Waals surface area contributed by atoms with E-state index in [-0.39, 0.29) is 18.6 Å². The Kier molecular flexibility index (Phi) is 5.21. The van der Waals surface area contributed by atoms with Crippen molar-refractivity contribution in [2.75, 3.05) is 6.61 Å². The van der Waals surface area contributed by atoms with E-state index in [9.17, 15) is 31.9 Å². The molecule has 4 nitrogen and oxygen atoms in total. The molecule has 0 radical (unpaired) electrons. The second-order valence-corrected chi connectivity index (χ2v) is 5.89. The van der Waals surface area contributed by atoms with Gasteiger partial charge in [0.05, 0.1) is 6.61 Å². The summed E-state index contributed by atoms with van der Waals surface area (Å²) in [6.07, 6.45) is -5.02. The summed E-state index contributed by atoms with van der Waals surface area (Å²) in [4.78, 5) is 12.1. The van der Waals surface area contributed by atoms with Crippen molar-refractivity contribution < 1.29 is 41.3 Å². The van der Waals surface area contributed by atoms with E-state index in [1.807, 2.05) is 0 Å². The summed E-state index contributed by atoms with van der Waals surface area (Å²) in [7, 11) is 0. The molecule has 1 aromatic rings. The zero-order valence-corrected chi connectivity index (χ0v) is 14.2. The lowest BCUT2D eigenvalue weighted by Gasteiger charge is -2.33. The average Bonchev–Trinajstić information content (AvgIpc) is 2.87. The van der Waals surface area contributed by atoms with Crippen molar-refractivity contribution in [3.8, 4) is 5.75 Å². The van der Waals surface area contributed by atoms with Gasteiger partial charge in [0.1, 0.15) is 0 Å². The maximum absolute atomic E-state index is 13.8. The fourth-order valence-corrected chi connectivity index (χ4v) is 3.04. The number of hydrogen-bond donors (Lipinski definition) is 1. The van der Waals surface area contributed by atoms with Crippen LogP contribution >= 0.6 is 0 Å². The van der Waals surface area contributed by atoms with Gasteiger partial charge >= 0.3 is 12.1 Å². The van der Waals surface area contributed by atoms with Crippen LogP contribution in [0.4, 0.5) is 22.0 Å². The lowest BCUT2D eigenvalue weighted by atomic mass is 9.79. The number of carbonyl (C=O) groups is 1. The smallest absolute Gasteiger partial charge is 0.428 e. The van der Waals surface area contributed by atoms with Crippen LogP contribution in [0.15, 0.2) is 17.9 Å². The number of rotatable bonds is 4. The van der Waals surface area contributed by atoms with Gasteiger partial charge in [-0.05, 0) is 32.4 Å². The van der Waals surface area contributed by atoms with Gasteiger partial charge in [0.15, 0.2) is 11.6 Å². The first-order valence-corrected chi connectivity index (χ1v) is 7.83. The Bertz CT molecular complexity index is 756. The van der Waals surface area contributed by atoms with E-state index in [4.69, 9.17) is 9.47 Å². The standard InChI is InChI=1S/C17H17F5O4/c1-4-9-11(8-6-7-10(18)12(19)13(8)23)14(15(24)25-5-2)26-16(9,3)17(20,21)22/h6-7,9,23H,4-5H2,1-3H3/t9-,16+/m0/s1. The molecule has 2 atom stereocenters. The number of hydrogen-bond acceptors (Lipinski definition) is 4. The number of phenols is 1. The summed E-state index contributed by atoms with van der Waals surface area (Å²) in [6, 6.07) is 1.55. The SMILES string of the molecule is CCOC(=O)C1=C(c2ccc(F)c(F)c2O)[C@H](CC)[C@](C)(C(F)(F)F)O1. The van der Waals surface area contributed by atoms with E-state index in [0.29, 0.717) is 6.07 Å². The summed E-state index contributed by atoms with van der Waals surface area (Å²) >= 11 is 0. The monoisotopic (exact) mass is 380 g/mol. The Balaban J connectivity index is 2.75. The van der Waals surface area contributed by atoms with E-state index >= 15 is 0 Å². The highest BCUT2D eigenvalue weighted by Crippen LogP contribution is 2.54. The Morgan fingerprint density at radius 2 is 1.92 bits per heavy atom. The number of halogens is 5. The van der Waals surface area contributed by atoms with Crippen molar-refractivity contribution in [1.82, 2.24) is 0 Å². The van der Waals surface area contributed by atoms with Gasteiger partial charge < -0.3 is 14.6 Å². The van der Waals surface area contributed by atoms with Crippen molar-refractivity contribution in [2.24, 2.45) is 5.92 Å². The molecule has 1 aromatic carbocycles. The minimum Gasteiger partial charge on any atom is -0.504 e. The number of alkyl halides is 3. The van der Waals surface area contributed by atoms with E-state index in [1.165, 1.54) is 13.8 Å². The Morgan fingerprint density at radius 1 is 1.31 bits per heavy atom. The molecule has 0 aliphatic carbocycles. The predicted octanol–water partition coefficient (Wildman–Crippen LogP) is 4.32. The molecule has 1 N–H and O–H groups in total. The first kappa shape index (κ1) is 20.0. The van der Waals surface area contributed by atoms with E-state index in [2.05, 4.69) is 0 Å². The van der Waals surface area contributed by atoms with Gasteiger partial charge in [0.2, 0.25) is 17.2 Å². The fourth-order valence-electron chi connectivity index (χ4n) is 3.04. The van der Waals surface area contributed by atoms with Crippen molar-refractivity contribution in [3.63, 3.8) is 0 Å². The quantitative estimate of drug-likeness (QED) is 0.624. The zero-order valence-electron chi connectivity index (χ0n) is 14.2. The second-order valence-electron chi connectivity index (χ2n) is 5.89. The van der Waals surface area contributed by atoms with Crippen molar-refractivity contribution in [2.45, 2.75) is 39.0 Å². The third kappa shape index (κ3) is 2.99. The molecule has 0 saturated carbocycles. The number of aromatic hydroxyl groups is 1. The van der Waals surface area contributed by atoms with Gasteiger partial charge in [0, 0.05) is 17.1 Å². The van der Waals surface area contributed by atoms with Gasteiger partial charge in [-0.25, -0.2) is 9.18 Å². The maximum atomic E-state index is 13.8. The molecule has 0 unspecified atom stereocenters. The highest BCUT2D eigenvalue weighted by Gasteiger charge is 2.64. The molecule has 0 spiro atoms. The van der Waals surface area contributed by atoms with Crippen LogP contribution < -0.4 is 0 Å². The summed E-state index contributed by atoms with van der Waals surface area (Å²) < 4.78 is 77.7. The molecule has 1 aliphatic heterocycles. The summed E-state index contributed by atoms with van der Waals surface area (Å²) in [6.45, 7) is 3.48. The number of phenolic OH excluding ortho intramolecular Hbond substituents is 1. The molecule has 1 heterocycles. The van der Waals surface area contributed by atoms with E-state index in [0.717, 1.165) is 13.0 Å². The van der Waals surface area contributed by atoms with Crippen molar-refractivity contribution in [1.29, 1.82) is 0 Å². The summed E-state index contributed by atoms with van der Waals surface area (Å²) in [5, 5.41) is 9.92. The molecule has 144 valence electrons. The normalized spacial score (nSPS) is 23.2. The number of carbonyl (C=O) groups excluding carboxylic acids is 1. The fraction of sp³-hybridized carbons (Fsp3) is 0.471. The molecule has 26 heavy (non-hydrogen) atoms. The largest absolute Gasteiger partial charge is 0.504 e. The van der Waals surface area contributed by atoms with Crippen LogP contribution in [0.2, 0.25) is 0 Å². The highest BCUT2D eigenvalue weighted by molar-refractivity contribution is 5.98. The molecular weight excluding hydrogens is 363 g/mol. The molecule has 0 fully saturated rings. The van der Waals surface area contributed by atoms with Gasteiger partial charge in [-0.2, -0.15) is 17.6 Å². The van der Waals surface area contributed by atoms with E-state index in [1.54, 1.807) is 0 Å². The number of ether oxygens (including phenoxy) is 2. The van der Waals surface area contributed by atoms with Gasteiger partial charge in [-0.15, -0.1) is 0 Å². The highest BCUT2D eigenvalue weighted by atomic mass is 19.4. The van der Waals surface area contributed by atoms with Crippen LogP contribution in [0.5, 0.6) is 5.75 Å². The lowest BCUT2D eigenvalue weighted by molar-refractivity contribution is -0.264. The predicted molar refractivity (Wildman–Crippen MR) is 80.9 cm³/mol. The number of benzene rings is 1. The summed E-state index contributed by atoms with van der Waals surface area (Å²) in [5.74, 6) is -7.62. The molecule has 0 bridgehead atoms. The van der Waals surface area contributed by atoms with Crippen LogP contribution in [0, 0.1) is 17.6 Å². The van der Waals surface area contributed by atoms with Gasteiger partial charge in [-0.3, -0.25) is 0 Å². The van der Waals surface area contributed by atoms with Gasteiger partial charge in [-0.1, -0.05) is 6.92 Å². The molecule has 9 heteroatoms. The third-order valence-corrected chi connectivity index (χ3v) is 4.36. The Hall–Kier alpha value is -2.32. The first-order chi connectivity index (χ1) is 12.0. The molecule has 2 rings (SSSR count). The molecule has 0 saturated heterocycles. The van der Waals surface area contributed by atoms with Crippen LogP contribution in [0.3, 0.4) is 0 Å². The van der Waals surface area contributed by atoms with E-state index < -0.39 is 52.4 Å². The Morgan fingerprint density at radius 3 is 2.42 bits per heavy atom. The molecule has 0 amide bonds. The molecule has 0 aromatic heterocycles. The van der Waals surface area contributed by atoms with Crippen molar-refractivity contribution in [3.05, 3.63) is 35.1 Å². The van der Waals surface area contributed by atoms with Crippen LogP contribution in [-0.4, -0.2) is 29.5 Å².